The van der Waals surface area contributed by atoms with Gasteiger partial charge in [0.25, 0.3) is 0 Å². The molecule has 35 heavy (non-hydrogen) atoms. The molecule has 4 rings (SSSR count). The molecule has 0 fully saturated rings. The largest absolute Gasteiger partial charge is 0.338 e. The average Bonchev–Trinajstić information content (AvgIpc) is 3.29. The van der Waals surface area contributed by atoms with Gasteiger partial charge in [0.15, 0.2) is 5.16 Å². The normalized spacial score (nSPS) is 13.6. The van der Waals surface area contributed by atoms with E-state index in [-0.39, 0.29) is 29.6 Å². The second kappa shape index (κ2) is 9.53. The Bertz CT molecular complexity index is 1270. The maximum Gasteiger partial charge on any atom is 0.330 e. The summed E-state index contributed by atoms with van der Waals surface area (Å²) in [7, 11) is 0. The van der Waals surface area contributed by atoms with Crippen LogP contribution in [0.25, 0.3) is 0 Å². The number of urea groups is 2. The Morgan fingerprint density at radius 1 is 1.26 bits per heavy atom. The molecule has 0 saturated heterocycles. The molecule has 4 amide bonds. The molecule has 10 nitrogen and oxygen atoms in total. The molecular formula is C23H26FN7O3S. The van der Waals surface area contributed by atoms with Crippen LogP contribution in [0.2, 0.25) is 0 Å². The van der Waals surface area contributed by atoms with E-state index in [1.807, 2.05) is 34.0 Å². The Labute approximate surface area is 206 Å². The molecule has 0 unspecified atom stereocenters. The lowest BCUT2D eigenvalue weighted by Gasteiger charge is -2.35. The third kappa shape index (κ3) is 5.06. The fourth-order valence-electron chi connectivity index (χ4n) is 3.52. The van der Waals surface area contributed by atoms with Crippen molar-refractivity contribution in [3.05, 3.63) is 47.5 Å². The summed E-state index contributed by atoms with van der Waals surface area (Å²) < 4.78 is 19.7. The van der Waals surface area contributed by atoms with Gasteiger partial charge in [-0.2, -0.15) is 0 Å². The molecule has 0 atom stereocenters. The van der Waals surface area contributed by atoms with Crippen molar-refractivity contribution in [1.29, 1.82) is 0 Å². The molecule has 184 valence electrons. The second-order valence-electron chi connectivity index (χ2n) is 8.89. The van der Waals surface area contributed by atoms with Gasteiger partial charge in [-0.25, -0.2) is 23.9 Å². The number of amides is 4. The number of fused-ring (bicyclic) bond motifs is 1. The SMILES string of the molecule is CCN1C(=O)N(c2ccc(F)c(NC(=O)Nc3cc(C(C)(C)C)no3)c2)Cc2cnc(SC)nc21. The Balaban J connectivity index is 1.55. The van der Waals surface area contributed by atoms with Crippen LogP contribution in [-0.2, 0) is 12.0 Å². The lowest BCUT2D eigenvalue weighted by Crippen LogP contribution is -2.48. The maximum atomic E-state index is 14.5. The zero-order chi connectivity index (χ0) is 25.3. The average molecular weight is 500 g/mol. The van der Waals surface area contributed by atoms with Crippen LogP contribution in [0, 0.1) is 5.82 Å². The monoisotopic (exact) mass is 499 g/mol. The second-order valence-corrected chi connectivity index (χ2v) is 9.66. The van der Waals surface area contributed by atoms with Crippen molar-refractivity contribution < 1.29 is 18.5 Å². The molecule has 0 spiro atoms. The van der Waals surface area contributed by atoms with E-state index >= 15 is 0 Å². The number of thioether (sulfide) groups is 1. The first-order valence-corrected chi connectivity index (χ1v) is 12.2. The van der Waals surface area contributed by atoms with Crippen LogP contribution >= 0.6 is 11.8 Å². The minimum atomic E-state index is -0.707. The molecule has 3 aromatic rings. The topological polar surface area (TPSA) is 116 Å². The Kier molecular flexibility index (Phi) is 6.66. The lowest BCUT2D eigenvalue weighted by atomic mass is 9.92. The van der Waals surface area contributed by atoms with Crippen LogP contribution in [0.3, 0.4) is 0 Å². The van der Waals surface area contributed by atoms with Crippen LogP contribution in [-0.4, -0.2) is 40.0 Å². The highest BCUT2D eigenvalue weighted by Crippen LogP contribution is 2.33. The fourth-order valence-corrected chi connectivity index (χ4v) is 3.85. The minimum Gasteiger partial charge on any atom is -0.338 e. The summed E-state index contributed by atoms with van der Waals surface area (Å²) in [5.74, 6) is 0.0478. The highest BCUT2D eigenvalue weighted by atomic mass is 32.2. The first-order valence-electron chi connectivity index (χ1n) is 10.9. The number of hydrogen-bond donors (Lipinski definition) is 2. The minimum absolute atomic E-state index is 0.0915. The standard InChI is InChI=1S/C23H26FN7O3S/c1-6-30-19-13(11-25-21(28-19)35-5)12-31(22(30)33)14-7-8-15(24)16(9-14)26-20(32)27-18-10-17(29-34-18)23(2,3)4/h7-11H,6,12H2,1-5H3,(H2,26,27,32). The molecular weight excluding hydrogens is 473 g/mol. The third-order valence-electron chi connectivity index (χ3n) is 5.39. The molecule has 0 radical (unpaired) electrons. The van der Waals surface area contributed by atoms with Crippen LogP contribution in [0.1, 0.15) is 39.0 Å². The molecule has 0 saturated carbocycles. The van der Waals surface area contributed by atoms with E-state index in [0.717, 1.165) is 5.56 Å². The predicted octanol–water partition coefficient (Wildman–Crippen LogP) is 5.23. The third-order valence-corrected chi connectivity index (χ3v) is 5.95. The first-order chi connectivity index (χ1) is 16.6. The molecule has 0 aliphatic carbocycles. The van der Waals surface area contributed by atoms with E-state index in [1.54, 1.807) is 17.2 Å². The number of nitrogens with zero attached hydrogens (tertiary/aromatic N) is 5. The quantitative estimate of drug-likeness (QED) is 0.364. The van der Waals surface area contributed by atoms with Gasteiger partial charge < -0.3 is 9.84 Å². The lowest BCUT2D eigenvalue weighted by molar-refractivity contribution is 0.250. The molecule has 1 aliphatic heterocycles. The van der Waals surface area contributed by atoms with Crippen LogP contribution in [0.5, 0.6) is 0 Å². The highest BCUT2D eigenvalue weighted by Gasteiger charge is 2.32. The summed E-state index contributed by atoms with van der Waals surface area (Å²) in [6, 6.07) is 4.69. The van der Waals surface area contributed by atoms with Crippen molar-refractivity contribution >= 4 is 46.9 Å². The molecule has 2 aromatic heterocycles. The van der Waals surface area contributed by atoms with Gasteiger partial charge in [0.05, 0.1) is 17.9 Å². The maximum absolute atomic E-state index is 14.5. The number of hydrogen-bond acceptors (Lipinski definition) is 7. The van der Waals surface area contributed by atoms with E-state index in [9.17, 15) is 14.0 Å². The van der Waals surface area contributed by atoms with Gasteiger partial charge in [0.2, 0.25) is 5.88 Å². The van der Waals surface area contributed by atoms with Crippen LogP contribution in [0.4, 0.5) is 37.1 Å². The Hall–Kier alpha value is -3.67. The van der Waals surface area contributed by atoms with E-state index in [1.165, 1.54) is 34.9 Å². The predicted molar refractivity (Wildman–Crippen MR) is 133 cm³/mol. The summed E-state index contributed by atoms with van der Waals surface area (Å²) in [6.45, 7) is 8.35. The van der Waals surface area contributed by atoms with E-state index in [0.29, 0.717) is 28.9 Å². The van der Waals surface area contributed by atoms with Gasteiger partial charge >= 0.3 is 12.1 Å². The summed E-state index contributed by atoms with van der Waals surface area (Å²) >= 11 is 1.39. The summed E-state index contributed by atoms with van der Waals surface area (Å²) in [6.07, 6.45) is 3.56. The molecule has 12 heteroatoms. The number of aromatic nitrogens is 3. The van der Waals surface area contributed by atoms with Crippen molar-refractivity contribution in [2.45, 2.75) is 44.8 Å². The molecule has 1 aromatic carbocycles. The molecule has 2 N–H and O–H groups in total. The first kappa shape index (κ1) is 24.5. The van der Waals surface area contributed by atoms with Gasteiger partial charge in [-0.1, -0.05) is 37.7 Å². The smallest absolute Gasteiger partial charge is 0.330 e. The van der Waals surface area contributed by atoms with Crippen molar-refractivity contribution in [3.63, 3.8) is 0 Å². The van der Waals surface area contributed by atoms with Crippen molar-refractivity contribution in [3.8, 4) is 0 Å². The van der Waals surface area contributed by atoms with Crippen molar-refractivity contribution in [1.82, 2.24) is 15.1 Å². The van der Waals surface area contributed by atoms with Gasteiger partial charge in [-0.15, -0.1) is 0 Å². The van der Waals surface area contributed by atoms with Crippen molar-refractivity contribution in [2.24, 2.45) is 0 Å². The summed E-state index contributed by atoms with van der Waals surface area (Å²) in [4.78, 5) is 37.5. The zero-order valence-corrected chi connectivity index (χ0v) is 20.9. The van der Waals surface area contributed by atoms with Crippen LogP contribution in [0.15, 0.2) is 40.1 Å². The molecule has 1 aliphatic rings. The number of nitrogens with one attached hydrogen (secondary N) is 2. The summed E-state index contributed by atoms with van der Waals surface area (Å²) in [5, 5.41) is 9.49. The van der Waals surface area contributed by atoms with E-state index in [4.69, 9.17) is 4.52 Å². The van der Waals surface area contributed by atoms with Gasteiger partial charge in [0.1, 0.15) is 11.6 Å². The summed E-state index contributed by atoms with van der Waals surface area (Å²) in [5.41, 5.74) is 1.50. The molecule has 0 bridgehead atoms. The number of carbonyl (C=O) groups is 2. The van der Waals surface area contributed by atoms with Crippen molar-refractivity contribution in [2.75, 3.05) is 33.2 Å². The van der Waals surface area contributed by atoms with Gasteiger partial charge in [-0.3, -0.25) is 15.1 Å². The van der Waals surface area contributed by atoms with Gasteiger partial charge in [-0.05, 0) is 31.4 Å². The Morgan fingerprint density at radius 3 is 2.69 bits per heavy atom. The number of anilines is 4. The Morgan fingerprint density at radius 2 is 2.03 bits per heavy atom. The molecule has 3 heterocycles. The van der Waals surface area contributed by atoms with Crippen LogP contribution < -0.4 is 20.4 Å². The number of carbonyl (C=O) groups excluding carboxylic acids is 2. The van der Waals surface area contributed by atoms with E-state index < -0.39 is 11.8 Å². The van der Waals surface area contributed by atoms with E-state index in [2.05, 4.69) is 25.8 Å². The van der Waals surface area contributed by atoms with Gasteiger partial charge in [0, 0.05) is 35.5 Å². The number of benzene rings is 1. The zero-order valence-electron chi connectivity index (χ0n) is 20.0. The number of rotatable bonds is 5. The number of halogens is 1. The highest BCUT2D eigenvalue weighted by molar-refractivity contribution is 7.98. The fraction of sp³-hybridized carbons (Fsp3) is 0.348.